The largest absolute Gasteiger partial charge is 0.385 e. The van der Waals surface area contributed by atoms with Gasteiger partial charge in [0.1, 0.15) is 0 Å². The van der Waals surface area contributed by atoms with Crippen molar-refractivity contribution in [2.45, 2.75) is 13.3 Å². The van der Waals surface area contributed by atoms with Gasteiger partial charge in [0.15, 0.2) is 0 Å². The Hall–Kier alpha value is -0.870. The number of rotatable bonds is 5. The zero-order chi connectivity index (χ0) is 12.8. The van der Waals surface area contributed by atoms with Crippen LogP contribution in [0.1, 0.15) is 22.3 Å². The highest BCUT2D eigenvalue weighted by Crippen LogP contribution is 2.19. The van der Waals surface area contributed by atoms with Crippen LogP contribution in [0.15, 0.2) is 22.7 Å². The average Bonchev–Trinajstić information content (AvgIpc) is 2.31. The van der Waals surface area contributed by atoms with Crippen LogP contribution >= 0.6 is 15.9 Å². The molecule has 0 aliphatic rings. The van der Waals surface area contributed by atoms with Crippen LogP contribution in [-0.4, -0.2) is 38.1 Å². The molecule has 94 valence electrons. The molecule has 0 unspecified atom stereocenters. The van der Waals surface area contributed by atoms with Crippen molar-refractivity contribution < 1.29 is 9.53 Å². The summed E-state index contributed by atoms with van der Waals surface area (Å²) >= 11 is 3.41. The van der Waals surface area contributed by atoms with Gasteiger partial charge < -0.3 is 9.64 Å². The molecule has 0 atom stereocenters. The Morgan fingerprint density at radius 1 is 1.47 bits per heavy atom. The summed E-state index contributed by atoms with van der Waals surface area (Å²) in [6, 6.07) is 5.79. The second kappa shape index (κ2) is 6.77. The molecule has 4 heteroatoms. The van der Waals surface area contributed by atoms with Gasteiger partial charge in [0, 0.05) is 31.8 Å². The summed E-state index contributed by atoms with van der Waals surface area (Å²) in [5.74, 6) is 0.0386. The summed E-state index contributed by atoms with van der Waals surface area (Å²) < 4.78 is 5.81. The molecule has 0 aliphatic carbocycles. The van der Waals surface area contributed by atoms with Crippen molar-refractivity contribution in [2.24, 2.45) is 0 Å². The molecule has 0 heterocycles. The number of nitrogens with zero attached hydrogens (tertiary/aromatic N) is 1. The maximum Gasteiger partial charge on any atom is 0.254 e. The lowest BCUT2D eigenvalue weighted by atomic mass is 10.1. The maximum atomic E-state index is 12.2. The quantitative estimate of drug-likeness (QED) is 0.783. The zero-order valence-corrected chi connectivity index (χ0v) is 12.1. The van der Waals surface area contributed by atoms with Gasteiger partial charge in [0.05, 0.1) is 5.56 Å². The zero-order valence-electron chi connectivity index (χ0n) is 10.5. The number of hydrogen-bond donors (Lipinski definition) is 0. The van der Waals surface area contributed by atoms with Crippen molar-refractivity contribution in [3.63, 3.8) is 0 Å². The maximum absolute atomic E-state index is 12.2. The molecule has 0 aromatic heterocycles. The predicted molar refractivity (Wildman–Crippen MR) is 72.3 cm³/mol. The summed E-state index contributed by atoms with van der Waals surface area (Å²) in [6.07, 6.45) is 0.849. The second-order valence-electron chi connectivity index (χ2n) is 4.06. The van der Waals surface area contributed by atoms with Crippen LogP contribution in [0.2, 0.25) is 0 Å². The van der Waals surface area contributed by atoms with E-state index in [0.29, 0.717) is 18.7 Å². The first-order chi connectivity index (χ1) is 8.06. The van der Waals surface area contributed by atoms with Gasteiger partial charge >= 0.3 is 0 Å². The first kappa shape index (κ1) is 14.2. The highest BCUT2D eigenvalue weighted by atomic mass is 79.9. The van der Waals surface area contributed by atoms with Gasteiger partial charge in [-0.2, -0.15) is 0 Å². The molecular formula is C13H18BrNO2. The fourth-order valence-corrected chi connectivity index (χ4v) is 1.97. The molecule has 0 saturated heterocycles. The standard InChI is InChI=1S/C13H18BrNO2/c1-10-5-6-12(14)11(9-10)13(16)15(2)7-4-8-17-3/h5-6,9H,4,7-8H2,1-3H3. The van der Waals surface area contributed by atoms with Crippen molar-refractivity contribution >= 4 is 21.8 Å². The molecule has 3 nitrogen and oxygen atoms in total. The van der Waals surface area contributed by atoms with Crippen LogP contribution < -0.4 is 0 Å². The summed E-state index contributed by atoms with van der Waals surface area (Å²) in [4.78, 5) is 13.9. The normalized spacial score (nSPS) is 10.4. The number of ether oxygens (including phenoxy) is 1. The summed E-state index contributed by atoms with van der Waals surface area (Å²) in [5.41, 5.74) is 1.80. The van der Waals surface area contributed by atoms with E-state index in [2.05, 4.69) is 15.9 Å². The van der Waals surface area contributed by atoms with E-state index < -0.39 is 0 Å². The topological polar surface area (TPSA) is 29.5 Å². The Morgan fingerprint density at radius 2 is 2.18 bits per heavy atom. The Bertz CT molecular complexity index is 393. The van der Waals surface area contributed by atoms with Crippen LogP contribution in [0.25, 0.3) is 0 Å². The fraction of sp³-hybridized carbons (Fsp3) is 0.462. The Morgan fingerprint density at radius 3 is 2.82 bits per heavy atom. The van der Waals surface area contributed by atoms with Gasteiger partial charge in [-0.3, -0.25) is 4.79 Å². The average molecular weight is 300 g/mol. The number of hydrogen-bond acceptors (Lipinski definition) is 2. The van der Waals surface area contributed by atoms with E-state index in [1.165, 1.54) is 0 Å². The van der Waals surface area contributed by atoms with Crippen LogP contribution in [0.5, 0.6) is 0 Å². The highest BCUT2D eigenvalue weighted by molar-refractivity contribution is 9.10. The predicted octanol–water partition coefficient (Wildman–Crippen LogP) is 2.87. The highest BCUT2D eigenvalue weighted by Gasteiger charge is 2.14. The first-order valence-corrected chi connectivity index (χ1v) is 6.36. The second-order valence-corrected chi connectivity index (χ2v) is 4.91. The van der Waals surface area contributed by atoms with Crippen LogP contribution in [0.3, 0.4) is 0 Å². The lowest BCUT2D eigenvalue weighted by molar-refractivity contribution is 0.0778. The number of amides is 1. The minimum atomic E-state index is 0.0386. The van der Waals surface area contributed by atoms with E-state index in [4.69, 9.17) is 4.74 Å². The monoisotopic (exact) mass is 299 g/mol. The first-order valence-electron chi connectivity index (χ1n) is 5.57. The molecule has 1 rings (SSSR count). The van der Waals surface area contributed by atoms with Crippen LogP contribution in [0.4, 0.5) is 0 Å². The summed E-state index contributed by atoms with van der Waals surface area (Å²) in [7, 11) is 3.48. The summed E-state index contributed by atoms with van der Waals surface area (Å²) in [5, 5.41) is 0. The molecule has 1 aromatic carbocycles. The number of methoxy groups -OCH3 is 1. The molecule has 1 aromatic rings. The smallest absolute Gasteiger partial charge is 0.254 e. The number of benzene rings is 1. The van der Waals surface area contributed by atoms with Gasteiger partial charge in [0.2, 0.25) is 0 Å². The third kappa shape index (κ3) is 4.13. The molecule has 0 bridgehead atoms. The summed E-state index contributed by atoms with van der Waals surface area (Å²) in [6.45, 7) is 3.35. The Balaban J connectivity index is 2.71. The van der Waals surface area contributed by atoms with E-state index >= 15 is 0 Å². The van der Waals surface area contributed by atoms with E-state index in [0.717, 1.165) is 16.5 Å². The number of carbonyl (C=O) groups excluding carboxylic acids is 1. The lowest BCUT2D eigenvalue weighted by Gasteiger charge is -2.18. The van der Waals surface area contributed by atoms with Gasteiger partial charge in [-0.25, -0.2) is 0 Å². The minimum Gasteiger partial charge on any atom is -0.385 e. The van der Waals surface area contributed by atoms with E-state index in [1.807, 2.05) is 32.2 Å². The van der Waals surface area contributed by atoms with Gasteiger partial charge in [-0.15, -0.1) is 0 Å². The SMILES string of the molecule is COCCCN(C)C(=O)c1cc(C)ccc1Br. The molecule has 1 amide bonds. The molecule has 0 radical (unpaired) electrons. The third-order valence-electron chi connectivity index (χ3n) is 2.54. The van der Waals surface area contributed by atoms with Crippen LogP contribution in [-0.2, 0) is 4.74 Å². The van der Waals surface area contributed by atoms with E-state index in [9.17, 15) is 4.79 Å². The van der Waals surface area contributed by atoms with Crippen LogP contribution in [0, 0.1) is 6.92 Å². The molecule has 0 spiro atoms. The third-order valence-corrected chi connectivity index (χ3v) is 3.23. The van der Waals surface area contributed by atoms with Gasteiger partial charge in [-0.1, -0.05) is 11.6 Å². The van der Waals surface area contributed by atoms with E-state index in [1.54, 1.807) is 12.0 Å². The molecular weight excluding hydrogens is 282 g/mol. The molecule has 0 aliphatic heterocycles. The molecule has 0 fully saturated rings. The fourth-order valence-electron chi connectivity index (χ4n) is 1.56. The van der Waals surface area contributed by atoms with Crippen molar-refractivity contribution in [1.29, 1.82) is 0 Å². The number of halogens is 1. The Kier molecular flexibility index (Phi) is 5.65. The van der Waals surface area contributed by atoms with Crippen molar-refractivity contribution in [3.05, 3.63) is 33.8 Å². The number of carbonyl (C=O) groups is 1. The minimum absolute atomic E-state index is 0.0386. The Labute approximate surface area is 111 Å². The van der Waals surface area contributed by atoms with Gasteiger partial charge in [0.25, 0.3) is 5.91 Å². The van der Waals surface area contributed by atoms with Crippen molar-refractivity contribution in [2.75, 3.05) is 27.3 Å². The molecule has 17 heavy (non-hydrogen) atoms. The van der Waals surface area contributed by atoms with E-state index in [-0.39, 0.29) is 5.91 Å². The molecule has 0 saturated carbocycles. The van der Waals surface area contributed by atoms with Gasteiger partial charge in [-0.05, 0) is 41.4 Å². The van der Waals surface area contributed by atoms with Crippen molar-refractivity contribution in [3.8, 4) is 0 Å². The molecule has 0 N–H and O–H groups in total. The lowest BCUT2D eigenvalue weighted by Crippen LogP contribution is -2.28. The number of aryl methyl sites for hydroxylation is 1. The van der Waals surface area contributed by atoms with Crippen molar-refractivity contribution in [1.82, 2.24) is 4.90 Å².